The van der Waals surface area contributed by atoms with Crippen LogP contribution in [-0.2, 0) is 6.42 Å². The first kappa shape index (κ1) is 13.5. The second kappa shape index (κ2) is 6.89. The lowest BCUT2D eigenvalue weighted by atomic mass is 10.0. The Labute approximate surface area is 113 Å². The first-order valence-corrected chi connectivity index (χ1v) is 6.55. The fraction of sp³-hybridized carbons (Fsp3) is 0.429. The fourth-order valence-corrected chi connectivity index (χ4v) is 2.05. The largest absolute Gasteiger partial charge is 0.497 e. The summed E-state index contributed by atoms with van der Waals surface area (Å²) in [5.41, 5.74) is 1.28. The lowest BCUT2D eigenvalue weighted by Gasteiger charge is -2.17. The molecule has 102 valence electrons. The van der Waals surface area contributed by atoms with Crippen LogP contribution in [0.3, 0.4) is 0 Å². The Kier molecular flexibility index (Phi) is 4.92. The molecule has 5 nitrogen and oxygen atoms in total. The molecule has 2 aromatic rings. The van der Waals surface area contributed by atoms with Gasteiger partial charge in [0.25, 0.3) is 0 Å². The number of hydrogen-bond donors (Lipinski definition) is 2. The normalized spacial score (nSPS) is 12.3. The lowest BCUT2D eigenvalue weighted by Crippen LogP contribution is -2.23. The van der Waals surface area contributed by atoms with Gasteiger partial charge in [-0.2, -0.15) is 5.10 Å². The van der Waals surface area contributed by atoms with Gasteiger partial charge in [0, 0.05) is 19.0 Å². The highest BCUT2D eigenvalue weighted by Crippen LogP contribution is 2.19. The molecule has 0 aliphatic carbocycles. The second-order valence-corrected chi connectivity index (χ2v) is 4.37. The third-order valence-electron chi connectivity index (χ3n) is 3.14. The summed E-state index contributed by atoms with van der Waals surface area (Å²) in [6.45, 7) is 3.05. The van der Waals surface area contributed by atoms with E-state index in [-0.39, 0.29) is 0 Å². The van der Waals surface area contributed by atoms with E-state index in [1.165, 1.54) is 11.9 Å². The Balaban J connectivity index is 1.88. The van der Waals surface area contributed by atoms with Crippen LogP contribution in [0.25, 0.3) is 0 Å². The summed E-state index contributed by atoms with van der Waals surface area (Å²) < 4.78 is 5.17. The molecule has 1 atom stereocenters. The van der Waals surface area contributed by atoms with Crippen LogP contribution in [0.4, 0.5) is 0 Å². The van der Waals surface area contributed by atoms with Gasteiger partial charge in [-0.05, 0) is 24.1 Å². The van der Waals surface area contributed by atoms with E-state index in [0.29, 0.717) is 6.04 Å². The van der Waals surface area contributed by atoms with Gasteiger partial charge in [0.1, 0.15) is 17.9 Å². The smallest absolute Gasteiger partial charge is 0.137 e. The highest BCUT2D eigenvalue weighted by atomic mass is 16.5. The minimum Gasteiger partial charge on any atom is -0.497 e. The standard InChI is InChI=1S/C14H20N4O/c1-3-13(11-4-6-12(19-2)7-5-11)15-9-8-14-16-10-17-18-14/h4-7,10,13,15H,3,8-9H2,1-2H3,(H,16,17,18). The van der Waals surface area contributed by atoms with Gasteiger partial charge in [0.15, 0.2) is 0 Å². The molecule has 0 aliphatic heterocycles. The molecule has 0 saturated carbocycles. The molecule has 0 radical (unpaired) electrons. The molecule has 1 heterocycles. The maximum absolute atomic E-state index is 5.17. The van der Waals surface area contributed by atoms with Gasteiger partial charge in [0.2, 0.25) is 0 Å². The van der Waals surface area contributed by atoms with Crippen molar-refractivity contribution in [2.75, 3.05) is 13.7 Å². The molecule has 1 aromatic heterocycles. The predicted molar refractivity (Wildman–Crippen MR) is 74.1 cm³/mol. The van der Waals surface area contributed by atoms with Gasteiger partial charge in [-0.3, -0.25) is 5.10 Å². The molecule has 0 amide bonds. The van der Waals surface area contributed by atoms with Crippen molar-refractivity contribution in [3.8, 4) is 5.75 Å². The number of rotatable bonds is 7. The summed E-state index contributed by atoms with van der Waals surface area (Å²) in [6.07, 6.45) is 3.44. The van der Waals surface area contributed by atoms with Crippen LogP contribution in [0, 0.1) is 0 Å². The maximum Gasteiger partial charge on any atom is 0.137 e. The SMILES string of the molecule is CCC(NCCc1ncn[nH]1)c1ccc(OC)cc1. The predicted octanol–water partition coefficient (Wildman–Crippen LogP) is 2.10. The Bertz CT molecular complexity index is 467. The van der Waals surface area contributed by atoms with Crippen LogP contribution in [0.5, 0.6) is 5.75 Å². The first-order valence-electron chi connectivity index (χ1n) is 6.55. The summed E-state index contributed by atoms with van der Waals surface area (Å²) in [5, 5.41) is 10.2. The molecule has 1 aromatic carbocycles. The molecule has 19 heavy (non-hydrogen) atoms. The van der Waals surface area contributed by atoms with Crippen LogP contribution < -0.4 is 10.1 Å². The van der Waals surface area contributed by atoms with E-state index in [4.69, 9.17) is 4.74 Å². The Morgan fingerprint density at radius 3 is 2.68 bits per heavy atom. The summed E-state index contributed by atoms with van der Waals surface area (Å²) >= 11 is 0. The van der Waals surface area contributed by atoms with Gasteiger partial charge in [-0.25, -0.2) is 4.98 Å². The number of hydrogen-bond acceptors (Lipinski definition) is 4. The maximum atomic E-state index is 5.17. The molecular formula is C14H20N4O. The van der Waals surface area contributed by atoms with Crippen molar-refractivity contribution in [3.63, 3.8) is 0 Å². The zero-order valence-corrected chi connectivity index (χ0v) is 11.4. The summed E-state index contributed by atoms with van der Waals surface area (Å²) in [5.74, 6) is 1.80. The third kappa shape index (κ3) is 3.79. The number of aromatic amines is 1. The minimum atomic E-state index is 0.355. The van der Waals surface area contributed by atoms with Crippen molar-refractivity contribution in [1.82, 2.24) is 20.5 Å². The van der Waals surface area contributed by atoms with E-state index in [9.17, 15) is 0 Å². The minimum absolute atomic E-state index is 0.355. The van der Waals surface area contributed by atoms with Crippen LogP contribution in [0.15, 0.2) is 30.6 Å². The number of ether oxygens (including phenoxy) is 1. The van der Waals surface area contributed by atoms with Crippen molar-refractivity contribution in [2.45, 2.75) is 25.8 Å². The highest BCUT2D eigenvalue weighted by Gasteiger charge is 2.08. The fourth-order valence-electron chi connectivity index (χ4n) is 2.05. The van der Waals surface area contributed by atoms with E-state index in [2.05, 4.69) is 39.6 Å². The van der Waals surface area contributed by atoms with E-state index in [1.807, 2.05) is 12.1 Å². The second-order valence-electron chi connectivity index (χ2n) is 4.37. The quantitative estimate of drug-likeness (QED) is 0.800. The molecule has 0 fully saturated rings. The number of aromatic nitrogens is 3. The lowest BCUT2D eigenvalue weighted by molar-refractivity contribution is 0.414. The molecule has 2 rings (SSSR count). The van der Waals surface area contributed by atoms with Crippen LogP contribution in [-0.4, -0.2) is 28.8 Å². The zero-order chi connectivity index (χ0) is 13.5. The molecule has 0 saturated heterocycles. The zero-order valence-electron chi connectivity index (χ0n) is 11.4. The molecule has 1 unspecified atom stereocenters. The summed E-state index contributed by atoms with van der Waals surface area (Å²) in [4.78, 5) is 4.11. The van der Waals surface area contributed by atoms with E-state index >= 15 is 0 Å². The van der Waals surface area contributed by atoms with Crippen molar-refractivity contribution in [2.24, 2.45) is 0 Å². The number of benzene rings is 1. The average molecular weight is 260 g/mol. The number of H-pyrrole nitrogens is 1. The van der Waals surface area contributed by atoms with E-state index in [0.717, 1.165) is 31.0 Å². The monoisotopic (exact) mass is 260 g/mol. The Morgan fingerprint density at radius 1 is 1.32 bits per heavy atom. The van der Waals surface area contributed by atoms with Gasteiger partial charge >= 0.3 is 0 Å². The molecule has 0 aliphatic rings. The molecule has 0 bridgehead atoms. The topological polar surface area (TPSA) is 62.8 Å². The van der Waals surface area contributed by atoms with Crippen LogP contribution in [0.1, 0.15) is 30.8 Å². The third-order valence-corrected chi connectivity index (χ3v) is 3.14. The van der Waals surface area contributed by atoms with Crippen LogP contribution in [0.2, 0.25) is 0 Å². The van der Waals surface area contributed by atoms with Crippen molar-refractivity contribution in [1.29, 1.82) is 0 Å². The highest BCUT2D eigenvalue weighted by molar-refractivity contribution is 5.29. The van der Waals surface area contributed by atoms with Crippen molar-refractivity contribution >= 4 is 0 Å². The number of nitrogens with zero attached hydrogens (tertiary/aromatic N) is 2. The molecule has 0 spiro atoms. The Hall–Kier alpha value is -1.88. The Morgan fingerprint density at radius 2 is 2.11 bits per heavy atom. The first-order chi connectivity index (χ1) is 9.33. The number of methoxy groups -OCH3 is 1. The van der Waals surface area contributed by atoms with Crippen molar-refractivity contribution in [3.05, 3.63) is 42.0 Å². The van der Waals surface area contributed by atoms with Gasteiger partial charge < -0.3 is 10.1 Å². The molecule has 5 heteroatoms. The molecular weight excluding hydrogens is 240 g/mol. The van der Waals surface area contributed by atoms with E-state index in [1.54, 1.807) is 7.11 Å². The number of nitrogens with one attached hydrogen (secondary N) is 2. The average Bonchev–Trinajstić information content (AvgIpc) is 2.97. The summed E-state index contributed by atoms with van der Waals surface area (Å²) in [6, 6.07) is 8.56. The van der Waals surface area contributed by atoms with E-state index < -0.39 is 0 Å². The van der Waals surface area contributed by atoms with Crippen LogP contribution >= 0.6 is 0 Å². The van der Waals surface area contributed by atoms with Crippen molar-refractivity contribution < 1.29 is 4.74 Å². The van der Waals surface area contributed by atoms with Gasteiger partial charge in [-0.15, -0.1) is 0 Å². The van der Waals surface area contributed by atoms with Gasteiger partial charge in [-0.1, -0.05) is 19.1 Å². The summed E-state index contributed by atoms with van der Waals surface area (Å²) in [7, 11) is 1.68. The molecule has 2 N–H and O–H groups in total. The van der Waals surface area contributed by atoms with Gasteiger partial charge in [0.05, 0.1) is 7.11 Å².